The molecule has 7 heteroatoms. The van der Waals surface area contributed by atoms with E-state index in [1.807, 2.05) is 6.07 Å². The van der Waals surface area contributed by atoms with E-state index in [9.17, 15) is 14.9 Å². The van der Waals surface area contributed by atoms with Gasteiger partial charge in [0.15, 0.2) is 0 Å². The van der Waals surface area contributed by atoms with Gasteiger partial charge in [-0.15, -0.1) is 11.8 Å². The Morgan fingerprint density at radius 1 is 1.58 bits per heavy atom. The Morgan fingerprint density at radius 3 is 2.79 bits per heavy atom. The molecule has 19 heavy (non-hydrogen) atoms. The molecule has 0 aliphatic heterocycles. The molecule has 1 aromatic rings. The predicted molar refractivity (Wildman–Crippen MR) is 69.8 cm³/mol. The number of ether oxygens (including phenoxy) is 1. The third kappa shape index (κ3) is 4.60. The largest absolute Gasteiger partial charge is 0.462 e. The van der Waals surface area contributed by atoms with E-state index >= 15 is 0 Å². The molecule has 100 valence electrons. The maximum Gasteiger partial charge on any atom is 0.316 e. The van der Waals surface area contributed by atoms with Crippen LogP contribution in [0.1, 0.15) is 19.4 Å². The van der Waals surface area contributed by atoms with Gasteiger partial charge < -0.3 is 4.74 Å². The summed E-state index contributed by atoms with van der Waals surface area (Å²) in [5.41, 5.74) is 0.0298. The van der Waals surface area contributed by atoms with Gasteiger partial charge in [0.05, 0.1) is 22.3 Å². The molecule has 0 radical (unpaired) electrons. The summed E-state index contributed by atoms with van der Waals surface area (Å²) in [5.74, 6) is -0.327. The summed E-state index contributed by atoms with van der Waals surface area (Å²) in [6.07, 6.45) is -0.194. The lowest BCUT2D eigenvalue weighted by atomic mass is 10.2. The molecule has 0 aliphatic rings. The minimum Gasteiger partial charge on any atom is -0.462 e. The van der Waals surface area contributed by atoms with Gasteiger partial charge in [-0.25, -0.2) is 0 Å². The van der Waals surface area contributed by atoms with Crippen molar-refractivity contribution in [3.63, 3.8) is 0 Å². The summed E-state index contributed by atoms with van der Waals surface area (Å²) in [6.45, 7) is 3.49. The molecule has 6 nitrogen and oxygen atoms in total. The molecule has 0 saturated carbocycles. The van der Waals surface area contributed by atoms with Crippen molar-refractivity contribution in [2.75, 3.05) is 5.75 Å². The number of rotatable bonds is 5. The number of non-ortho nitro benzene ring substituents is 1. The van der Waals surface area contributed by atoms with E-state index in [0.29, 0.717) is 4.90 Å². The van der Waals surface area contributed by atoms with Gasteiger partial charge in [0, 0.05) is 17.0 Å². The number of carbonyl (C=O) groups is 1. The highest BCUT2D eigenvalue weighted by Crippen LogP contribution is 2.26. The van der Waals surface area contributed by atoms with Crippen LogP contribution in [0.5, 0.6) is 0 Å². The first-order valence-electron chi connectivity index (χ1n) is 5.45. The van der Waals surface area contributed by atoms with Crippen molar-refractivity contribution in [3.8, 4) is 6.07 Å². The number of nitro benzene ring substituents is 1. The highest BCUT2D eigenvalue weighted by atomic mass is 32.2. The third-order valence-electron chi connectivity index (χ3n) is 2.01. The van der Waals surface area contributed by atoms with Crippen LogP contribution in [0.3, 0.4) is 0 Å². The molecule has 1 rings (SSSR count). The summed E-state index contributed by atoms with van der Waals surface area (Å²) in [4.78, 5) is 21.9. The Labute approximate surface area is 114 Å². The average Bonchev–Trinajstić information content (AvgIpc) is 2.35. The number of carbonyl (C=O) groups excluding carboxylic acids is 1. The first kappa shape index (κ1) is 15.0. The van der Waals surface area contributed by atoms with E-state index < -0.39 is 4.92 Å². The summed E-state index contributed by atoms with van der Waals surface area (Å²) >= 11 is 1.12. The van der Waals surface area contributed by atoms with Crippen molar-refractivity contribution in [2.24, 2.45) is 0 Å². The molecule has 0 N–H and O–H groups in total. The molecule has 0 bridgehead atoms. The number of nitriles is 1. The lowest BCUT2D eigenvalue weighted by molar-refractivity contribution is -0.384. The Bertz CT molecular complexity index is 537. The number of hydrogen-bond acceptors (Lipinski definition) is 6. The van der Waals surface area contributed by atoms with Crippen LogP contribution in [-0.4, -0.2) is 22.7 Å². The summed E-state index contributed by atoms with van der Waals surface area (Å²) in [7, 11) is 0. The van der Waals surface area contributed by atoms with Gasteiger partial charge >= 0.3 is 5.97 Å². The van der Waals surface area contributed by atoms with E-state index in [-0.39, 0.29) is 29.1 Å². The van der Waals surface area contributed by atoms with Crippen molar-refractivity contribution in [1.82, 2.24) is 0 Å². The second-order valence-electron chi connectivity index (χ2n) is 3.88. The highest BCUT2D eigenvalue weighted by molar-refractivity contribution is 8.00. The summed E-state index contributed by atoms with van der Waals surface area (Å²) < 4.78 is 4.96. The van der Waals surface area contributed by atoms with Gasteiger partial charge in [0.2, 0.25) is 0 Å². The molecular weight excluding hydrogens is 268 g/mol. The molecule has 1 aromatic carbocycles. The number of nitro groups is 1. The normalized spacial score (nSPS) is 10.0. The van der Waals surface area contributed by atoms with Crippen LogP contribution in [0.15, 0.2) is 23.1 Å². The molecular formula is C12H12N2O4S. The molecule has 0 saturated heterocycles. The Kier molecular flexibility index (Phi) is 5.33. The molecule has 0 heterocycles. The van der Waals surface area contributed by atoms with Crippen LogP contribution >= 0.6 is 11.8 Å². The fourth-order valence-corrected chi connectivity index (χ4v) is 2.04. The molecule has 0 fully saturated rings. The molecule has 0 aliphatic carbocycles. The maximum atomic E-state index is 11.4. The summed E-state index contributed by atoms with van der Waals surface area (Å²) in [5, 5.41) is 19.5. The number of hydrogen-bond donors (Lipinski definition) is 0. The second kappa shape index (κ2) is 6.75. The topological polar surface area (TPSA) is 93.2 Å². The van der Waals surface area contributed by atoms with Crippen LogP contribution in [0.4, 0.5) is 5.69 Å². The van der Waals surface area contributed by atoms with Gasteiger partial charge in [0.1, 0.15) is 6.07 Å². The zero-order valence-corrected chi connectivity index (χ0v) is 11.3. The van der Waals surface area contributed by atoms with Crippen molar-refractivity contribution in [2.45, 2.75) is 24.8 Å². The zero-order valence-electron chi connectivity index (χ0n) is 10.5. The first-order valence-corrected chi connectivity index (χ1v) is 6.43. The van der Waals surface area contributed by atoms with E-state index in [0.717, 1.165) is 11.8 Å². The maximum absolute atomic E-state index is 11.4. The number of thioether (sulfide) groups is 1. The third-order valence-corrected chi connectivity index (χ3v) is 3.05. The van der Waals surface area contributed by atoms with Gasteiger partial charge in [-0.05, 0) is 19.9 Å². The first-order chi connectivity index (χ1) is 8.93. The van der Waals surface area contributed by atoms with Crippen LogP contribution in [0.25, 0.3) is 0 Å². The Morgan fingerprint density at radius 2 is 2.26 bits per heavy atom. The fraction of sp³-hybridized carbons (Fsp3) is 0.333. The predicted octanol–water partition coefficient (Wildman–Crippen LogP) is 2.51. The molecule has 0 unspecified atom stereocenters. The highest BCUT2D eigenvalue weighted by Gasteiger charge is 2.13. The van der Waals surface area contributed by atoms with Crippen LogP contribution in [0.2, 0.25) is 0 Å². The smallest absolute Gasteiger partial charge is 0.316 e. The average molecular weight is 280 g/mol. The number of benzene rings is 1. The lowest BCUT2D eigenvalue weighted by Crippen LogP contribution is -2.13. The fourth-order valence-electron chi connectivity index (χ4n) is 1.28. The quantitative estimate of drug-likeness (QED) is 0.356. The van der Waals surface area contributed by atoms with E-state index in [2.05, 4.69) is 0 Å². The Hall–Kier alpha value is -2.07. The second-order valence-corrected chi connectivity index (χ2v) is 4.89. The molecule has 0 aromatic heterocycles. The minimum atomic E-state index is -0.567. The lowest BCUT2D eigenvalue weighted by Gasteiger charge is -2.08. The number of nitrogens with zero attached hydrogens (tertiary/aromatic N) is 2. The molecule has 0 amide bonds. The van der Waals surface area contributed by atoms with Gasteiger partial charge in [-0.3, -0.25) is 14.9 Å². The minimum absolute atomic E-state index is 0.0602. The van der Waals surface area contributed by atoms with Gasteiger partial charge in [-0.2, -0.15) is 5.26 Å². The van der Waals surface area contributed by atoms with E-state index in [1.54, 1.807) is 13.8 Å². The standard InChI is InChI=1S/C12H12N2O4S/c1-8(2)18-12(15)7-19-11-4-3-10(14(16)17)5-9(11)6-13/h3-5,8H,7H2,1-2H3. The van der Waals surface area contributed by atoms with Crippen molar-refractivity contribution in [1.29, 1.82) is 5.26 Å². The number of esters is 1. The van der Waals surface area contributed by atoms with E-state index in [4.69, 9.17) is 10.00 Å². The van der Waals surface area contributed by atoms with E-state index in [1.165, 1.54) is 18.2 Å². The van der Waals surface area contributed by atoms with Crippen molar-refractivity contribution < 1.29 is 14.5 Å². The van der Waals surface area contributed by atoms with Crippen LogP contribution < -0.4 is 0 Å². The zero-order chi connectivity index (χ0) is 14.4. The van der Waals surface area contributed by atoms with Gasteiger partial charge in [0.25, 0.3) is 5.69 Å². The van der Waals surface area contributed by atoms with Crippen LogP contribution in [-0.2, 0) is 9.53 Å². The molecule has 0 atom stereocenters. The Balaban J connectivity index is 2.77. The van der Waals surface area contributed by atoms with Crippen molar-refractivity contribution in [3.05, 3.63) is 33.9 Å². The summed E-state index contributed by atoms with van der Waals surface area (Å²) in [6, 6.07) is 5.83. The van der Waals surface area contributed by atoms with Gasteiger partial charge in [-0.1, -0.05) is 0 Å². The monoisotopic (exact) mass is 280 g/mol. The molecule has 0 spiro atoms. The SMILES string of the molecule is CC(C)OC(=O)CSc1ccc([N+](=O)[O-])cc1C#N. The van der Waals surface area contributed by atoms with Crippen LogP contribution in [0, 0.1) is 21.4 Å². The van der Waals surface area contributed by atoms with Crippen molar-refractivity contribution >= 4 is 23.4 Å².